The highest BCUT2D eigenvalue weighted by Gasteiger charge is 2.47. The van der Waals surface area contributed by atoms with Gasteiger partial charge in [0, 0.05) is 12.8 Å². The first kappa shape index (κ1) is 55.4. The monoisotopic (exact) mass is 877 g/mol. The Morgan fingerprint density at radius 2 is 0.934 bits per heavy atom. The fourth-order valence-electron chi connectivity index (χ4n) is 7.50. The molecule has 15 nitrogen and oxygen atoms in total. The highest BCUT2D eigenvalue weighted by Crippen LogP contribution is 2.26. The Bertz CT molecular complexity index is 1120. The molecule has 0 saturated carbocycles. The molecule has 11 atom stereocenters. The lowest BCUT2D eigenvalue weighted by atomic mass is 9.98. The molecule has 358 valence electrons. The quantitative estimate of drug-likeness (QED) is 0.0236. The van der Waals surface area contributed by atoms with Crippen molar-refractivity contribution in [2.24, 2.45) is 0 Å². The average Bonchev–Trinajstić information content (AvgIpc) is 3.25. The second kappa shape index (κ2) is 34.6. The molecule has 0 aliphatic carbocycles. The highest BCUT2D eigenvalue weighted by molar-refractivity contribution is 5.70. The summed E-state index contributed by atoms with van der Waals surface area (Å²) in [7, 11) is 0. The van der Waals surface area contributed by atoms with Crippen molar-refractivity contribution in [1.29, 1.82) is 0 Å². The third kappa shape index (κ3) is 23.7. The lowest BCUT2D eigenvalue weighted by molar-refractivity contribution is -0.332. The number of hydrogen-bond donors (Lipinski definition) is 7. The minimum absolute atomic E-state index is 0.166. The number of aliphatic hydroxyl groups is 7. The maximum atomic E-state index is 12.9. The van der Waals surface area contributed by atoms with Gasteiger partial charge in [0.25, 0.3) is 0 Å². The lowest BCUT2D eigenvalue weighted by Crippen LogP contribution is -2.61. The van der Waals surface area contributed by atoms with Crippen molar-refractivity contribution >= 4 is 11.9 Å². The van der Waals surface area contributed by atoms with Crippen LogP contribution in [-0.2, 0) is 38.0 Å². The summed E-state index contributed by atoms with van der Waals surface area (Å²) in [6, 6.07) is 0. The lowest BCUT2D eigenvalue weighted by Gasteiger charge is -2.42. The van der Waals surface area contributed by atoms with Gasteiger partial charge in [-0.15, -0.1) is 0 Å². The van der Waals surface area contributed by atoms with Crippen molar-refractivity contribution in [2.75, 3.05) is 26.4 Å². The zero-order valence-corrected chi connectivity index (χ0v) is 37.4. The zero-order valence-electron chi connectivity index (χ0n) is 37.4. The highest BCUT2D eigenvalue weighted by atomic mass is 16.7. The third-order valence-electron chi connectivity index (χ3n) is 11.5. The van der Waals surface area contributed by atoms with Gasteiger partial charge in [-0.05, 0) is 38.5 Å². The topological polar surface area (TPSA) is 231 Å². The van der Waals surface area contributed by atoms with Gasteiger partial charge >= 0.3 is 11.9 Å². The van der Waals surface area contributed by atoms with Crippen molar-refractivity contribution in [3.63, 3.8) is 0 Å². The summed E-state index contributed by atoms with van der Waals surface area (Å²) in [5.74, 6) is -0.932. The van der Waals surface area contributed by atoms with E-state index in [0.717, 1.165) is 57.8 Å². The normalized spacial score (nSPS) is 27.4. The van der Waals surface area contributed by atoms with Gasteiger partial charge in [-0.25, -0.2) is 0 Å². The molecule has 11 unspecified atom stereocenters. The van der Waals surface area contributed by atoms with Gasteiger partial charge in [-0.1, -0.05) is 135 Å². The molecule has 2 rings (SSSR count). The SMILES string of the molecule is CCCCCCCC/C=C\CCCCCCCCCCCC(=O)OC(COC(=O)CCCCCCCC)COC1OC(COC2OC(CO)C(O)C(O)C2O)C(O)C(O)C1O. The molecule has 0 radical (unpaired) electrons. The molecule has 0 amide bonds. The average molecular weight is 877 g/mol. The Kier molecular flexibility index (Phi) is 31.4. The number of esters is 2. The predicted octanol–water partition coefficient (Wildman–Crippen LogP) is 5.43. The van der Waals surface area contributed by atoms with E-state index in [9.17, 15) is 45.3 Å². The molecule has 2 aliphatic heterocycles. The van der Waals surface area contributed by atoms with Gasteiger partial charge in [-0.2, -0.15) is 0 Å². The predicted molar refractivity (Wildman–Crippen MR) is 229 cm³/mol. The van der Waals surface area contributed by atoms with E-state index in [1.54, 1.807) is 0 Å². The number of allylic oxidation sites excluding steroid dienone is 2. The summed E-state index contributed by atoms with van der Waals surface area (Å²) < 4.78 is 33.4. The molecule has 2 heterocycles. The van der Waals surface area contributed by atoms with Crippen molar-refractivity contribution < 1.29 is 73.8 Å². The van der Waals surface area contributed by atoms with Crippen LogP contribution < -0.4 is 0 Å². The Morgan fingerprint density at radius 1 is 0.508 bits per heavy atom. The van der Waals surface area contributed by atoms with Gasteiger partial charge in [0.15, 0.2) is 18.7 Å². The first-order valence-corrected chi connectivity index (χ1v) is 23.8. The molecular weight excluding hydrogens is 792 g/mol. The van der Waals surface area contributed by atoms with Gasteiger partial charge in [-0.3, -0.25) is 9.59 Å². The molecule has 2 saturated heterocycles. The molecule has 2 fully saturated rings. The van der Waals surface area contributed by atoms with Gasteiger partial charge in [0.1, 0.15) is 55.4 Å². The molecular formula is C46H84O15. The molecule has 0 aromatic carbocycles. The molecule has 0 spiro atoms. The molecule has 0 aromatic heterocycles. The van der Waals surface area contributed by atoms with Crippen LogP contribution in [0.3, 0.4) is 0 Å². The number of ether oxygens (including phenoxy) is 6. The van der Waals surface area contributed by atoms with Crippen molar-refractivity contribution in [3.05, 3.63) is 12.2 Å². The fourth-order valence-corrected chi connectivity index (χ4v) is 7.50. The summed E-state index contributed by atoms with van der Waals surface area (Å²) in [6.45, 7) is 2.51. The number of rotatable bonds is 36. The smallest absolute Gasteiger partial charge is 0.306 e. The number of aliphatic hydroxyl groups excluding tert-OH is 7. The van der Waals surface area contributed by atoms with Crippen LogP contribution in [0.1, 0.15) is 174 Å². The van der Waals surface area contributed by atoms with Crippen LogP contribution in [0.2, 0.25) is 0 Å². The van der Waals surface area contributed by atoms with Gasteiger partial charge in [0.05, 0.1) is 19.8 Å². The fraction of sp³-hybridized carbons (Fsp3) is 0.913. The van der Waals surface area contributed by atoms with E-state index >= 15 is 0 Å². The third-order valence-corrected chi connectivity index (χ3v) is 11.5. The first-order chi connectivity index (χ1) is 29.5. The van der Waals surface area contributed by atoms with Crippen LogP contribution >= 0.6 is 0 Å². The van der Waals surface area contributed by atoms with Crippen LogP contribution in [0.25, 0.3) is 0 Å². The number of carbonyl (C=O) groups excluding carboxylic acids is 2. The van der Waals surface area contributed by atoms with Crippen molar-refractivity contribution in [2.45, 2.75) is 242 Å². The molecule has 15 heteroatoms. The number of hydrogen-bond acceptors (Lipinski definition) is 15. The first-order valence-electron chi connectivity index (χ1n) is 23.8. The van der Waals surface area contributed by atoms with E-state index in [1.807, 2.05) is 0 Å². The number of carbonyl (C=O) groups is 2. The molecule has 61 heavy (non-hydrogen) atoms. The number of unbranched alkanes of at least 4 members (excludes halogenated alkanes) is 20. The van der Waals surface area contributed by atoms with E-state index < -0.39 is 92.7 Å². The van der Waals surface area contributed by atoms with Crippen molar-refractivity contribution in [3.8, 4) is 0 Å². The van der Waals surface area contributed by atoms with E-state index in [4.69, 9.17) is 28.4 Å². The molecule has 7 N–H and O–H groups in total. The summed E-state index contributed by atoms with van der Waals surface area (Å²) >= 11 is 0. The molecule has 2 aliphatic rings. The Labute approximate surface area is 365 Å². The second-order valence-electron chi connectivity index (χ2n) is 16.9. The Balaban J connectivity index is 1.77. The summed E-state index contributed by atoms with van der Waals surface area (Å²) in [4.78, 5) is 25.5. The Hall–Kier alpha value is -1.76. The van der Waals surface area contributed by atoms with E-state index in [0.29, 0.717) is 12.8 Å². The molecule has 0 bridgehead atoms. The van der Waals surface area contributed by atoms with E-state index in [2.05, 4.69) is 26.0 Å². The second-order valence-corrected chi connectivity index (χ2v) is 16.9. The maximum Gasteiger partial charge on any atom is 0.306 e. The van der Waals surface area contributed by atoms with E-state index in [1.165, 1.54) is 77.0 Å². The van der Waals surface area contributed by atoms with Crippen LogP contribution in [0.5, 0.6) is 0 Å². The van der Waals surface area contributed by atoms with Gasteiger partial charge in [0.2, 0.25) is 0 Å². The summed E-state index contributed by atoms with van der Waals surface area (Å²) in [5, 5.41) is 71.7. The Morgan fingerprint density at radius 3 is 1.44 bits per heavy atom. The standard InChI is InChI=1S/C46H84O15/c1-3-5-7-9-11-12-13-14-15-16-17-18-19-20-21-22-23-25-27-29-38(49)59-34(31-56-37(48)28-26-24-10-8-6-4-2)32-57-45-44(55)42(53)40(51)36(61-45)33-58-46-43(54)41(52)39(50)35(30-47)60-46/h14-15,34-36,39-47,50-55H,3-13,16-33H2,1-2H3/b15-14-. The molecule has 0 aromatic rings. The van der Waals surface area contributed by atoms with Crippen molar-refractivity contribution in [1.82, 2.24) is 0 Å². The van der Waals surface area contributed by atoms with Crippen LogP contribution in [0.4, 0.5) is 0 Å². The summed E-state index contributed by atoms with van der Waals surface area (Å²) in [6.07, 6.45) is 14.4. The van der Waals surface area contributed by atoms with E-state index in [-0.39, 0.29) is 26.1 Å². The summed E-state index contributed by atoms with van der Waals surface area (Å²) in [5.41, 5.74) is 0. The minimum atomic E-state index is -1.76. The maximum absolute atomic E-state index is 12.9. The van der Waals surface area contributed by atoms with Crippen LogP contribution in [0.15, 0.2) is 12.2 Å². The van der Waals surface area contributed by atoms with Crippen LogP contribution in [-0.4, -0.2) is 142 Å². The zero-order chi connectivity index (χ0) is 44.7. The largest absolute Gasteiger partial charge is 0.462 e. The van der Waals surface area contributed by atoms with Gasteiger partial charge < -0.3 is 64.2 Å². The van der Waals surface area contributed by atoms with Crippen LogP contribution in [0, 0.1) is 0 Å². The minimum Gasteiger partial charge on any atom is -0.462 e.